The summed E-state index contributed by atoms with van der Waals surface area (Å²) < 4.78 is 11.2. The first-order valence-electron chi connectivity index (χ1n) is 6.15. The highest BCUT2D eigenvalue weighted by Crippen LogP contribution is 2.39. The summed E-state index contributed by atoms with van der Waals surface area (Å²) in [5.41, 5.74) is 0. The highest BCUT2D eigenvalue weighted by Gasteiger charge is 2.46. The first kappa shape index (κ1) is 10.8. The molecule has 0 spiro atoms. The van der Waals surface area contributed by atoms with Gasteiger partial charge in [0.25, 0.3) is 0 Å². The molecule has 4 atom stereocenters. The molecule has 0 N–H and O–H groups in total. The number of carbonyl (C=O) groups is 1. The zero-order valence-electron chi connectivity index (χ0n) is 9.84. The molecule has 2 aliphatic rings. The van der Waals surface area contributed by atoms with Gasteiger partial charge in [0.1, 0.15) is 0 Å². The Morgan fingerprint density at radius 1 is 1.29 bits per heavy atom. The molecule has 3 nitrogen and oxygen atoms in total. The van der Waals surface area contributed by atoms with Crippen LogP contribution in [0.2, 0.25) is 0 Å². The molecular formula is C14H16O3. The molecule has 90 valence electrons. The maximum atomic E-state index is 12.4. The lowest BCUT2D eigenvalue weighted by Gasteiger charge is -2.18. The summed E-state index contributed by atoms with van der Waals surface area (Å²) in [4.78, 5) is 12.4. The van der Waals surface area contributed by atoms with E-state index in [1.807, 2.05) is 0 Å². The summed E-state index contributed by atoms with van der Waals surface area (Å²) in [5, 5.41) is 0. The largest absolute Gasteiger partial charge is 0.461 e. The predicted molar refractivity (Wildman–Crippen MR) is 62.7 cm³/mol. The van der Waals surface area contributed by atoms with E-state index < -0.39 is 0 Å². The fourth-order valence-electron chi connectivity index (χ4n) is 2.93. The molecule has 3 heteroatoms. The van der Waals surface area contributed by atoms with E-state index in [0.29, 0.717) is 5.76 Å². The van der Waals surface area contributed by atoms with Crippen molar-refractivity contribution in [2.45, 2.75) is 32.0 Å². The van der Waals surface area contributed by atoms with Crippen LogP contribution in [0.5, 0.6) is 0 Å². The third kappa shape index (κ3) is 1.75. The number of fused-ring (bicyclic) bond motifs is 2. The lowest BCUT2D eigenvalue weighted by atomic mass is 9.81. The maximum absolute atomic E-state index is 12.4. The Balaban J connectivity index is 1.88. The van der Waals surface area contributed by atoms with E-state index >= 15 is 0 Å². The van der Waals surface area contributed by atoms with Gasteiger partial charge in [0, 0.05) is 0 Å². The summed E-state index contributed by atoms with van der Waals surface area (Å²) in [6, 6.07) is 3.49. The molecule has 1 fully saturated rings. The molecule has 0 aliphatic carbocycles. The summed E-state index contributed by atoms with van der Waals surface area (Å²) in [6.07, 6.45) is 7.78. The molecule has 0 aromatic carbocycles. The van der Waals surface area contributed by atoms with Crippen molar-refractivity contribution in [3.63, 3.8) is 0 Å². The lowest BCUT2D eigenvalue weighted by molar-refractivity contribution is 0.0362. The Morgan fingerprint density at radius 2 is 2.06 bits per heavy atom. The van der Waals surface area contributed by atoms with Crippen molar-refractivity contribution in [1.29, 1.82) is 0 Å². The number of hydrogen-bond acceptors (Lipinski definition) is 3. The molecule has 17 heavy (non-hydrogen) atoms. The fourth-order valence-corrected chi connectivity index (χ4v) is 2.93. The Hall–Kier alpha value is -1.35. The summed E-state index contributed by atoms with van der Waals surface area (Å²) in [6.45, 7) is 2.11. The standard InChI is InChI=1S/C14H16O3/c1-9-10-5-2-3-6-11(17-10)13(9)14(15)12-7-4-8-16-12/h2-4,7-11,13H,5-6H2,1H3/t9-,10-,11+,13-/m1/s1. The topological polar surface area (TPSA) is 39.4 Å². The Bertz CT molecular complexity index is 432. The predicted octanol–water partition coefficient (Wildman–Crippen LogP) is 2.83. The summed E-state index contributed by atoms with van der Waals surface area (Å²) in [7, 11) is 0. The van der Waals surface area contributed by atoms with Gasteiger partial charge in [0.2, 0.25) is 5.78 Å². The van der Waals surface area contributed by atoms with Crippen molar-refractivity contribution < 1.29 is 13.9 Å². The molecule has 2 aliphatic heterocycles. The first-order chi connectivity index (χ1) is 8.27. The van der Waals surface area contributed by atoms with Crippen molar-refractivity contribution >= 4 is 5.78 Å². The van der Waals surface area contributed by atoms with Gasteiger partial charge >= 0.3 is 0 Å². The molecular weight excluding hydrogens is 216 g/mol. The average molecular weight is 232 g/mol. The average Bonchev–Trinajstić information content (AvgIpc) is 2.86. The van der Waals surface area contributed by atoms with E-state index in [0.717, 1.165) is 12.8 Å². The Labute approximate surface area is 100 Å². The molecule has 1 aromatic heterocycles. The van der Waals surface area contributed by atoms with E-state index in [2.05, 4.69) is 19.1 Å². The van der Waals surface area contributed by atoms with Crippen LogP contribution in [0.4, 0.5) is 0 Å². The van der Waals surface area contributed by atoms with E-state index in [9.17, 15) is 4.79 Å². The van der Waals surface area contributed by atoms with Crippen molar-refractivity contribution in [2.24, 2.45) is 11.8 Å². The lowest BCUT2D eigenvalue weighted by Crippen LogP contribution is -2.28. The van der Waals surface area contributed by atoms with E-state index in [-0.39, 0.29) is 29.8 Å². The third-order valence-corrected chi connectivity index (χ3v) is 3.87. The molecule has 3 heterocycles. The van der Waals surface area contributed by atoms with E-state index in [4.69, 9.17) is 9.15 Å². The van der Waals surface area contributed by atoms with E-state index in [1.165, 1.54) is 0 Å². The minimum absolute atomic E-state index is 0.0198. The van der Waals surface area contributed by atoms with Crippen molar-refractivity contribution in [2.75, 3.05) is 0 Å². The van der Waals surface area contributed by atoms with Crippen LogP contribution in [0.3, 0.4) is 0 Å². The van der Waals surface area contributed by atoms with Crippen LogP contribution in [0.1, 0.15) is 30.3 Å². The van der Waals surface area contributed by atoms with Crippen LogP contribution >= 0.6 is 0 Å². The summed E-state index contributed by atoms with van der Waals surface area (Å²) in [5.74, 6) is 0.754. The number of rotatable bonds is 2. The zero-order valence-corrected chi connectivity index (χ0v) is 9.84. The van der Waals surface area contributed by atoms with Crippen LogP contribution in [0, 0.1) is 11.8 Å². The van der Waals surface area contributed by atoms with Gasteiger partial charge in [0.05, 0.1) is 24.4 Å². The highest BCUT2D eigenvalue weighted by molar-refractivity contribution is 5.96. The monoisotopic (exact) mass is 232 g/mol. The van der Waals surface area contributed by atoms with Gasteiger partial charge in [-0.1, -0.05) is 19.1 Å². The maximum Gasteiger partial charge on any atom is 0.204 e. The number of ether oxygens (including phenoxy) is 1. The van der Waals surface area contributed by atoms with Gasteiger partial charge in [-0.2, -0.15) is 0 Å². The van der Waals surface area contributed by atoms with Gasteiger partial charge < -0.3 is 9.15 Å². The first-order valence-corrected chi connectivity index (χ1v) is 6.15. The van der Waals surface area contributed by atoms with Gasteiger partial charge in [-0.25, -0.2) is 0 Å². The second-order valence-corrected chi connectivity index (χ2v) is 4.88. The number of carbonyl (C=O) groups excluding carboxylic acids is 1. The zero-order chi connectivity index (χ0) is 11.8. The molecule has 0 radical (unpaired) electrons. The molecule has 0 unspecified atom stereocenters. The minimum Gasteiger partial charge on any atom is -0.461 e. The highest BCUT2D eigenvalue weighted by atomic mass is 16.5. The van der Waals surface area contributed by atoms with Crippen LogP contribution < -0.4 is 0 Å². The molecule has 1 aromatic rings. The van der Waals surface area contributed by atoms with Gasteiger partial charge in [-0.15, -0.1) is 0 Å². The number of hydrogen-bond donors (Lipinski definition) is 0. The second-order valence-electron chi connectivity index (χ2n) is 4.88. The Kier molecular flexibility index (Phi) is 2.63. The third-order valence-electron chi connectivity index (χ3n) is 3.87. The van der Waals surface area contributed by atoms with Crippen LogP contribution in [-0.4, -0.2) is 18.0 Å². The number of ketones is 1. The molecule has 1 saturated heterocycles. The quantitative estimate of drug-likeness (QED) is 0.581. The van der Waals surface area contributed by atoms with Gasteiger partial charge in [0.15, 0.2) is 5.76 Å². The van der Waals surface area contributed by atoms with Crippen molar-refractivity contribution in [3.8, 4) is 0 Å². The molecule has 0 saturated carbocycles. The second kappa shape index (κ2) is 4.15. The SMILES string of the molecule is C[C@H]1[C@@H](C(=O)c2ccco2)[C@@H]2CC=CC[C@H]1O2. The minimum atomic E-state index is -0.0592. The van der Waals surface area contributed by atoms with Crippen LogP contribution in [-0.2, 0) is 4.74 Å². The number of Topliss-reactive ketones (excluding diaryl/α,β-unsaturated/α-hetero) is 1. The summed E-state index contributed by atoms with van der Waals surface area (Å²) >= 11 is 0. The molecule has 0 amide bonds. The van der Waals surface area contributed by atoms with E-state index in [1.54, 1.807) is 18.4 Å². The van der Waals surface area contributed by atoms with Gasteiger partial charge in [-0.05, 0) is 30.9 Å². The van der Waals surface area contributed by atoms with Crippen LogP contribution in [0.15, 0.2) is 35.0 Å². The smallest absolute Gasteiger partial charge is 0.204 e. The normalized spacial score (nSPS) is 35.8. The Morgan fingerprint density at radius 3 is 2.76 bits per heavy atom. The fraction of sp³-hybridized carbons (Fsp3) is 0.500. The van der Waals surface area contributed by atoms with Crippen LogP contribution in [0.25, 0.3) is 0 Å². The van der Waals surface area contributed by atoms with Gasteiger partial charge in [-0.3, -0.25) is 4.79 Å². The molecule has 3 rings (SSSR count). The molecule has 2 bridgehead atoms. The van der Waals surface area contributed by atoms with Crippen molar-refractivity contribution in [1.82, 2.24) is 0 Å². The number of furan rings is 1. The van der Waals surface area contributed by atoms with Crippen molar-refractivity contribution in [3.05, 3.63) is 36.3 Å².